The Morgan fingerprint density at radius 2 is 1.41 bits per heavy atom. The van der Waals surface area contributed by atoms with Gasteiger partial charge in [-0.15, -0.1) is 0 Å². The number of carbonyl (C=O) groups excluding carboxylic acids is 1. The molecule has 7 nitrogen and oxygen atoms in total. The van der Waals surface area contributed by atoms with Gasteiger partial charge in [-0.3, -0.25) is 10.1 Å². The summed E-state index contributed by atoms with van der Waals surface area (Å²) in [5.74, 6) is -1.08. The third-order valence-corrected chi connectivity index (χ3v) is 7.74. The predicted molar refractivity (Wildman–Crippen MR) is 170 cm³/mol. The van der Waals surface area contributed by atoms with E-state index in [1.165, 1.54) is 12.1 Å². The molecule has 230 valence electrons. The van der Waals surface area contributed by atoms with Crippen molar-refractivity contribution in [1.82, 2.24) is 10.6 Å². The Balaban J connectivity index is 1.40. The van der Waals surface area contributed by atoms with E-state index in [1.807, 2.05) is 48.5 Å². The molecule has 0 spiro atoms. The molecule has 0 aliphatic heterocycles. The number of ether oxygens (including phenoxy) is 1. The van der Waals surface area contributed by atoms with Crippen LogP contribution in [0.1, 0.15) is 47.9 Å². The van der Waals surface area contributed by atoms with Gasteiger partial charge in [-0.05, 0) is 78.7 Å². The van der Waals surface area contributed by atoms with E-state index in [4.69, 9.17) is 10.5 Å². The van der Waals surface area contributed by atoms with Gasteiger partial charge < -0.3 is 20.9 Å². The molecule has 0 radical (unpaired) electrons. The Morgan fingerprint density at radius 3 is 1.95 bits per heavy atom. The average molecular weight is 598 g/mol. The number of halogens is 1. The third-order valence-electron chi connectivity index (χ3n) is 7.74. The zero-order valence-electron chi connectivity index (χ0n) is 24.9. The minimum absolute atomic E-state index is 0.0265. The molecule has 0 aliphatic rings. The summed E-state index contributed by atoms with van der Waals surface area (Å²) in [7, 11) is 1.64. The second-order valence-corrected chi connectivity index (χ2v) is 10.9. The summed E-state index contributed by atoms with van der Waals surface area (Å²) in [6.45, 7) is 0.596. The van der Waals surface area contributed by atoms with E-state index in [2.05, 4.69) is 47.0 Å². The Kier molecular flexibility index (Phi) is 11.6. The van der Waals surface area contributed by atoms with Gasteiger partial charge in [0, 0.05) is 12.5 Å². The summed E-state index contributed by atoms with van der Waals surface area (Å²) in [5.41, 5.74) is 9.46. The molecule has 4 aromatic rings. The lowest BCUT2D eigenvalue weighted by Gasteiger charge is -2.37. The van der Waals surface area contributed by atoms with Crippen LogP contribution in [0, 0.1) is 5.82 Å². The summed E-state index contributed by atoms with van der Waals surface area (Å²) >= 11 is 0. The monoisotopic (exact) mass is 597 g/mol. The van der Waals surface area contributed by atoms with Crippen molar-refractivity contribution in [3.63, 3.8) is 0 Å². The van der Waals surface area contributed by atoms with Gasteiger partial charge in [-0.25, -0.2) is 9.18 Å². The molecule has 2 atom stereocenters. The van der Waals surface area contributed by atoms with Crippen molar-refractivity contribution in [1.29, 1.82) is 0 Å². The van der Waals surface area contributed by atoms with Gasteiger partial charge in [0.1, 0.15) is 17.6 Å². The summed E-state index contributed by atoms with van der Waals surface area (Å²) < 4.78 is 18.6. The van der Waals surface area contributed by atoms with Gasteiger partial charge in [-0.2, -0.15) is 0 Å². The molecule has 44 heavy (non-hydrogen) atoms. The van der Waals surface area contributed by atoms with Crippen LogP contribution in [0.25, 0.3) is 0 Å². The van der Waals surface area contributed by atoms with Crippen molar-refractivity contribution in [2.75, 3.05) is 13.7 Å². The van der Waals surface area contributed by atoms with Crippen molar-refractivity contribution < 1.29 is 23.8 Å². The van der Waals surface area contributed by atoms with Crippen molar-refractivity contribution in [2.45, 2.75) is 49.7 Å². The lowest BCUT2D eigenvalue weighted by molar-refractivity contribution is -0.142. The molecule has 0 fully saturated rings. The van der Waals surface area contributed by atoms with Crippen LogP contribution in [0.5, 0.6) is 5.75 Å². The van der Waals surface area contributed by atoms with Gasteiger partial charge in [0.2, 0.25) is 5.91 Å². The molecule has 8 heteroatoms. The number of methoxy groups -OCH3 is 1. The van der Waals surface area contributed by atoms with E-state index in [1.54, 1.807) is 19.2 Å². The highest BCUT2D eigenvalue weighted by Crippen LogP contribution is 2.37. The number of benzene rings is 4. The largest absolute Gasteiger partial charge is 0.497 e. The number of carboxylic acid groups (broad SMARTS) is 1. The summed E-state index contributed by atoms with van der Waals surface area (Å²) in [6.07, 6.45) is 1.90. The fraction of sp³-hybridized carbons (Fsp3) is 0.278. The zero-order valence-corrected chi connectivity index (χ0v) is 24.9. The number of rotatable bonds is 16. The number of nitrogens with one attached hydrogen (secondary N) is 2. The maximum atomic E-state index is 13.2. The van der Waals surface area contributed by atoms with Crippen LogP contribution in [-0.4, -0.2) is 42.7 Å². The summed E-state index contributed by atoms with van der Waals surface area (Å²) in [6, 6.07) is 32.9. The molecule has 0 bridgehead atoms. The molecule has 0 aliphatic carbocycles. The lowest BCUT2D eigenvalue weighted by atomic mass is 9.77. The first-order chi connectivity index (χ1) is 21.3. The van der Waals surface area contributed by atoms with Crippen LogP contribution in [-0.2, 0) is 21.5 Å². The number of hydrogen-bond acceptors (Lipinski definition) is 5. The van der Waals surface area contributed by atoms with Gasteiger partial charge in [0.25, 0.3) is 0 Å². The highest BCUT2D eigenvalue weighted by Gasteiger charge is 2.35. The highest BCUT2D eigenvalue weighted by molar-refractivity contribution is 5.83. The normalized spacial score (nSPS) is 12.7. The number of hydrogen-bond donors (Lipinski definition) is 4. The second kappa shape index (κ2) is 15.8. The fourth-order valence-corrected chi connectivity index (χ4v) is 5.52. The smallest absolute Gasteiger partial charge is 0.326 e. The van der Waals surface area contributed by atoms with Crippen molar-refractivity contribution in [2.24, 2.45) is 5.73 Å². The molecule has 5 N–H and O–H groups in total. The first-order valence-corrected chi connectivity index (χ1v) is 14.8. The third kappa shape index (κ3) is 8.52. The number of amides is 1. The lowest BCUT2D eigenvalue weighted by Crippen LogP contribution is -2.45. The maximum absolute atomic E-state index is 13.2. The standard InChI is InChI=1S/C36H40FN3O4/c1-44-32-21-17-29(18-22-32)36(27-10-4-2-5-11-27,28-12-6-3-7-13-28)39-23-9-8-14-33(35(42)43)40-34(41)25-31(38)24-26-15-19-30(37)20-16-26/h2-7,10-13,15-22,31,33,39H,8-9,14,23-25,38H2,1H3,(H,40,41)(H,42,43)/t31-,33-/m0/s1. The number of carboxylic acids is 1. The molecule has 4 rings (SSSR count). The van der Waals surface area contributed by atoms with Gasteiger partial charge in [0.15, 0.2) is 0 Å². The molecule has 0 saturated carbocycles. The average Bonchev–Trinajstić information content (AvgIpc) is 3.04. The molecule has 4 aromatic carbocycles. The molecule has 0 heterocycles. The van der Waals surface area contributed by atoms with Gasteiger partial charge in [0.05, 0.1) is 12.6 Å². The Labute approximate surface area is 258 Å². The first-order valence-electron chi connectivity index (χ1n) is 14.8. The van der Waals surface area contributed by atoms with Crippen LogP contribution >= 0.6 is 0 Å². The number of unbranched alkanes of at least 4 members (excludes halogenated alkanes) is 1. The zero-order chi connectivity index (χ0) is 31.4. The molecular formula is C36H40FN3O4. The molecule has 1 amide bonds. The van der Waals surface area contributed by atoms with Crippen LogP contribution in [0.2, 0.25) is 0 Å². The van der Waals surface area contributed by atoms with E-state index >= 15 is 0 Å². The minimum atomic E-state index is -1.08. The predicted octanol–water partition coefficient (Wildman–Crippen LogP) is 5.42. The van der Waals surface area contributed by atoms with Gasteiger partial charge in [-0.1, -0.05) is 84.9 Å². The van der Waals surface area contributed by atoms with Gasteiger partial charge >= 0.3 is 5.97 Å². The van der Waals surface area contributed by atoms with Crippen LogP contribution in [0.15, 0.2) is 109 Å². The van der Waals surface area contributed by atoms with Crippen molar-refractivity contribution in [3.05, 3.63) is 137 Å². The van der Waals surface area contributed by atoms with E-state index in [0.29, 0.717) is 25.8 Å². The topological polar surface area (TPSA) is 114 Å². The molecular weight excluding hydrogens is 557 g/mol. The van der Waals surface area contributed by atoms with Crippen molar-refractivity contribution in [3.8, 4) is 5.75 Å². The second-order valence-electron chi connectivity index (χ2n) is 10.9. The SMILES string of the molecule is COc1ccc(C(NCCCC[C@H](NC(=O)C[C@@H](N)Cc2ccc(F)cc2)C(=O)O)(c2ccccc2)c2ccccc2)cc1. The summed E-state index contributed by atoms with van der Waals surface area (Å²) in [5, 5.41) is 16.2. The molecule has 0 unspecified atom stereocenters. The van der Waals surface area contributed by atoms with Crippen LogP contribution in [0.3, 0.4) is 0 Å². The highest BCUT2D eigenvalue weighted by atomic mass is 19.1. The number of aliphatic carboxylic acids is 1. The Bertz CT molecular complexity index is 1430. The van der Waals surface area contributed by atoms with E-state index in [0.717, 1.165) is 28.0 Å². The van der Waals surface area contributed by atoms with E-state index in [-0.39, 0.29) is 18.7 Å². The molecule has 0 saturated heterocycles. The first kappa shape index (κ1) is 32.4. The molecule has 0 aromatic heterocycles. The minimum Gasteiger partial charge on any atom is -0.497 e. The van der Waals surface area contributed by atoms with Crippen LogP contribution < -0.4 is 21.1 Å². The Morgan fingerprint density at radius 1 is 0.841 bits per heavy atom. The van der Waals surface area contributed by atoms with Crippen LogP contribution in [0.4, 0.5) is 4.39 Å². The van der Waals surface area contributed by atoms with E-state index in [9.17, 15) is 19.1 Å². The maximum Gasteiger partial charge on any atom is 0.326 e. The quantitative estimate of drug-likeness (QED) is 0.101. The Hall–Kier alpha value is -4.53. The van der Waals surface area contributed by atoms with Crippen molar-refractivity contribution >= 4 is 11.9 Å². The number of nitrogens with two attached hydrogens (primary N) is 1. The number of carbonyl (C=O) groups is 2. The van der Waals surface area contributed by atoms with E-state index < -0.39 is 29.5 Å². The fourth-order valence-electron chi connectivity index (χ4n) is 5.52. The summed E-state index contributed by atoms with van der Waals surface area (Å²) in [4.78, 5) is 24.6.